The molecule has 2 aliphatic carbocycles. The van der Waals surface area contributed by atoms with Crippen LogP contribution in [0.3, 0.4) is 0 Å². The average molecular weight is 493 g/mol. The first-order valence-corrected chi connectivity index (χ1v) is 13.7. The number of para-hydroxylation sites is 2. The number of benzene rings is 1. The zero-order valence-electron chi connectivity index (χ0n) is 21.0. The molecule has 4 fully saturated rings. The maximum absolute atomic E-state index is 13.8. The number of aliphatic carboxylic acids is 1. The van der Waals surface area contributed by atoms with E-state index in [1.54, 1.807) is 0 Å². The van der Waals surface area contributed by atoms with Gasteiger partial charge in [0.2, 0.25) is 5.71 Å². The second-order valence-corrected chi connectivity index (χ2v) is 11.4. The van der Waals surface area contributed by atoms with Crippen LogP contribution in [0.4, 0.5) is 0 Å². The summed E-state index contributed by atoms with van der Waals surface area (Å²) >= 11 is 0. The lowest BCUT2D eigenvalue weighted by molar-refractivity contribution is -0.129. The minimum atomic E-state index is -1.32. The van der Waals surface area contributed by atoms with Crippen molar-refractivity contribution in [1.29, 1.82) is 0 Å². The Labute approximate surface area is 211 Å². The molecule has 0 spiro atoms. The number of hydrogen-bond acceptors (Lipinski definition) is 6. The number of piperidine rings is 1. The van der Waals surface area contributed by atoms with Crippen LogP contribution in [0.25, 0.3) is 11.0 Å². The smallest absolute Gasteiger partial charge is 0.360 e. The normalized spacial score (nSPS) is 32.9. The molecule has 3 heterocycles. The molecule has 0 radical (unpaired) electrons. The van der Waals surface area contributed by atoms with E-state index in [1.165, 1.54) is 64.9 Å². The van der Waals surface area contributed by atoms with Crippen molar-refractivity contribution in [2.75, 3.05) is 7.11 Å². The molecule has 192 valence electrons. The summed E-state index contributed by atoms with van der Waals surface area (Å²) in [5.74, 6) is 0.450. The summed E-state index contributed by atoms with van der Waals surface area (Å²) in [5, 5.41) is 13.3. The minimum Gasteiger partial charge on any atom is -0.476 e. The van der Waals surface area contributed by atoms with Crippen LogP contribution in [-0.2, 0) is 9.63 Å². The van der Waals surface area contributed by atoms with E-state index in [-0.39, 0.29) is 11.7 Å². The Bertz CT molecular complexity index is 1210. The highest BCUT2D eigenvalue weighted by Gasteiger charge is 2.47. The number of rotatable bonds is 5. The number of carboxylic acids is 1. The van der Waals surface area contributed by atoms with Crippen LogP contribution in [0, 0.1) is 11.8 Å². The third-order valence-corrected chi connectivity index (χ3v) is 9.31. The maximum Gasteiger partial charge on any atom is 0.360 e. The number of aromatic nitrogens is 2. The number of hydrogen-bond donors (Lipinski definition) is 1. The van der Waals surface area contributed by atoms with Crippen molar-refractivity contribution in [3.8, 4) is 0 Å². The first kappa shape index (κ1) is 23.6. The van der Waals surface area contributed by atoms with E-state index in [0.29, 0.717) is 23.6 Å². The van der Waals surface area contributed by atoms with Crippen molar-refractivity contribution in [3.63, 3.8) is 0 Å². The summed E-state index contributed by atoms with van der Waals surface area (Å²) in [7, 11) is 1.28. The lowest BCUT2D eigenvalue weighted by atomic mass is 9.76. The SMILES string of the molecule is CON=C(C(=O)O)c1nc2ccccc2n(C2CC3CC[C@H](C2)N3C2CC3CCCCC(C3)C2)c1=O. The molecule has 4 aliphatic rings. The molecule has 4 bridgehead atoms. The Morgan fingerprint density at radius 1 is 0.944 bits per heavy atom. The minimum absolute atomic E-state index is 0.0151. The fourth-order valence-corrected chi connectivity index (χ4v) is 8.05. The van der Waals surface area contributed by atoms with Crippen LogP contribution >= 0.6 is 0 Å². The second-order valence-electron chi connectivity index (χ2n) is 11.4. The van der Waals surface area contributed by atoms with Crippen LogP contribution in [-0.4, -0.2) is 56.5 Å². The molecule has 0 amide bonds. The zero-order valence-corrected chi connectivity index (χ0v) is 21.0. The molecule has 5 atom stereocenters. The van der Waals surface area contributed by atoms with E-state index in [9.17, 15) is 14.7 Å². The first-order valence-electron chi connectivity index (χ1n) is 13.7. The molecule has 1 aromatic heterocycles. The average Bonchev–Trinajstić information content (AvgIpc) is 3.02. The molecule has 4 unspecified atom stereocenters. The molecular formula is C28H36N4O4. The molecule has 2 saturated carbocycles. The number of carboxylic acid groups (broad SMARTS) is 1. The van der Waals surface area contributed by atoms with Gasteiger partial charge < -0.3 is 14.5 Å². The molecule has 1 aromatic carbocycles. The molecule has 6 rings (SSSR count). The maximum atomic E-state index is 13.8. The van der Waals surface area contributed by atoms with Gasteiger partial charge in [-0.3, -0.25) is 9.69 Å². The summed E-state index contributed by atoms with van der Waals surface area (Å²) in [4.78, 5) is 37.7. The van der Waals surface area contributed by atoms with Gasteiger partial charge in [-0.2, -0.15) is 0 Å². The highest BCUT2D eigenvalue weighted by atomic mass is 16.6. The van der Waals surface area contributed by atoms with Gasteiger partial charge in [-0.25, -0.2) is 9.78 Å². The van der Waals surface area contributed by atoms with Crippen molar-refractivity contribution < 1.29 is 14.7 Å². The van der Waals surface area contributed by atoms with Crippen LogP contribution in [0.15, 0.2) is 34.2 Å². The van der Waals surface area contributed by atoms with Crippen molar-refractivity contribution in [2.45, 2.75) is 94.8 Å². The molecular weight excluding hydrogens is 456 g/mol. The highest BCUT2D eigenvalue weighted by molar-refractivity contribution is 6.41. The Morgan fingerprint density at radius 3 is 2.25 bits per heavy atom. The zero-order chi connectivity index (χ0) is 24.8. The van der Waals surface area contributed by atoms with Crippen molar-refractivity contribution >= 4 is 22.7 Å². The molecule has 2 saturated heterocycles. The van der Waals surface area contributed by atoms with Crippen LogP contribution in [0.1, 0.15) is 82.4 Å². The van der Waals surface area contributed by atoms with Gasteiger partial charge in [0, 0.05) is 24.2 Å². The van der Waals surface area contributed by atoms with Crippen LogP contribution < -0.4 is 5.56 Å². The van der Waals surface area contributed by atoms with Gasteiger partial charge in [0.05, 0.1) is 11.0 Å². The van der Waals surface area contributed by atoms with Gasteiger partial charge in [-0.1, -0.05) is 43.0 Å². The van der Waals surface area contributed by atoms with E-state index in [4.69, 9.17) is 4.84 Å². The Balaban J connectivity index is 1.34. The number of fused-ring (bicyclic) bond motifs is 5. The summed E-state index contributed by atoms with van der Waals surface area (Å²) in [6.45, 7) is 0. The van der Waals surface area contributed by atoms with Gasteiger partial charge in [0.15, 0.2) is 5.69 Å². The van der Waals surface area contributed by atoms with E-state index >= 15 is 0 Å². The number of nitrogens with zero attached hydrogens (tertiary/aromatic N) is 4. The van der Waals surface area contributed by atoms with Crippen molar-refractivity contribution in [1.82, 2.24) is 14.5 Å². The number of oxime groups is 1. The largest absolute Gasteiger partial charge is 0.476 e. The lowest BCUT2D eigenvalue weighted by Gasteiger charge is -2.48. The monoisotopic (exact) mass is 492 g/mol. The van der Waals surface area contributed by atoms with E-state index < -0.39 is 17.2 Å². The van der Waals surface area contributed by atoms with Gasteiger partial charge in [0.1, 0.15) is 7.11 Å². The third-order valence-electron chi connectivity index (χ3n) is 9.31. The quantitative estimate of drug-likeness (QED) is 0.492. The lowest BCUT2D eigenvalue weighted by Crippen LogP contribution is -2.52. The van der Waals surface area contributed by atoms with Crippen molar-refractivity contribution in [2.24, 2.45) is 17.0 Å². The van der Waals surface area contributed by atoms with E-state index in [1.807, 2.05) is 28.8 Å². The van der Waals surface area contributed by atoms with Gasteiger partial charge in [0.25, 0.3) is 5.56 Å². The Morgan fingerprint density at radius 2 is 1.61 bits per heavy atom. The van der Waals surface area contributed by atoms with E-state index in [2.05, 4.69) is 15.0 Å². The molecule has 2 aliphatic heterocycles. The predicted octanol–water partition coefficient (Wildman–Crippen LogP) is 4.36. The van der Waals surface area contributed by atoms with Gasteiger partial charge in [-0.05, 0) is 68.9 Å². The Hall–Kier alpha value is -2.74. The van der Waals surface area contributed by atoms with E-state index in [0.717, 1.165) is 30.2 Å². The number of carbonyl (C=O) groups is 1. The molecule has 8 nitrogen and oxygen atoms in total. The van der Waals surface area contributed by atoms with Gasteiger partial charge in [-0.15, -0.1) is 0 Å². The standard InChI is InChI=1S/C28H36N4O4/c1-36-30-26(28(34)35)25-27(33)32(24-9-5-4-8-23(24)29-25)22-15-19-10-11-20(16-22)31(19)21-13-17-6-2-3-7-18(12-17)14-21/h4-5,8-9,17-22H,2-3,6-7,10-16H2,1H3,(H,34,35)/t17?,18?,19-,20?,21?,22?/m1/s1. The Kier molecular flexibility index (Phi) is 6.32. The summed E-state index contributed by atoms with van der Waals surface area (Å²) < 4.78 is 1.81. The van der Waals surface area contributed by atoms with Crippen LogP contribution in [0.5, 0.6) is 0 Å². The molecule has 2 aromatic rings. The summed E-state index contributed by atoms with van der Waals surface area (Å²) in [6, 6.07) is 9.17. The topological polar surface area (TPSA) is 97.0 Å². The molecule has 1 N–H and O–H groups in total. The van der Waals surface area contributed by atoms with Gasteiger partial charge >= 0.3 is 5.97 Å². The molecule has 8 heteroatoms. The summed E-state index contributed by atoms with van der Waals surface area (Å²) in [6.07, 6.45) is 13.9. The summed E-state index contributed by atoms with van der Waals surface area (Å²) in [5.41, 5.74) is 0.355. The molecule has 36 heavy (non-hydrogen) atoms. The van der Waals surface area contributed by atoms with Crippen LogP contribution in [0.2, 0.25) is 0 Å². The second kappa shape index (κ2) is 9.61. The fourth-order valence-electron chi connectivity index (χ4n) is 8.05. The predicted molar refractivity (Wildman–Crippen MR) is 137 cm³/mol. The van der Waals surface area contributed by atoms with Crippen molar-refractivity contribution in [3.05, 3.63) is 40.3 Å². The first-order chi connectivity index (χ1) is 17.5. The highest BCUT2D eigenvalue weighted by Crippen LogP contribution is 2.47. The fraction of sp³-hybridized carbons (Fsp3) is 0.643. The third kappa shape index (κ3) is 4.13.